The summed E-state index contributed by atoms with van der Waals surface area (Å²) in [5.74, 6) is 0.0418. The van der Waals surface area contributed by atoms with Crippen LogP contribution < -0.4 is 5.32 Å². The molecule has 0 atom stereocenters. The van der Waals surface area contributed by atoms with Crippen LogP contribution in [-0.2, 0) is 6.54 Å². The average Bonchev–Trinajstić information content (AvgIpc) is 2.86. The maximum absolute atomic E-state index is 10.8. The molecule has 2 rings (SSSR count). The van der Waals surface area contributed by atoms with Gasteiger partial charge < -0.3 is 9.73 Å². The SMILES string of the molecule is Cc1c(NCc2ccc([N+](=O)[O-])o2)cccc1[N+](=O)[O-]. The van der Waals surface area contributed by atoms with E-state index in [0.717, 1.165) is 0 Å². The highest BCUT2D eigenvalue weighted by atomic mass is 16.6. The van der Waals surface area contributed by atoms with Crippen LogP contribution in [0.25, 0.3) is 0 Å². The summed E-state index contributed by atoms with van der Waals surface area (Å²) in [7, 11) is 0. The zero-order valence-electron chi connectivity index (χ0n) is 10.5. The van der Waals surface area contributed by atoms with E-state index >= 15 is 0 Å². The first-order chi connectivity index (χ1) is 9.49. The standard InChI is InChI=1S/C12H11N3O5/c1-8-10(3-2-4-11(8)14(16)17)13-7-9-5-6-12(20-9)15(18)19/h2-6,13H,7H2,1H3. The van der Waals surface area contributed by atoms with E-state index in [4.69, 9.17) is 4.42 Å². The van der Waals surface area contributed by atoms with Gasteiger partial charge in [-0.2, -0.15) is 0 Å². The van der Waals surface area contributed by atoms with Gasteiger partial charge >= 0.3 is 5.88 Å². The van der Waals surface area contributed by atoms with Gasteiger partial charge in [0.05, 0.1) is 17.5 Å². The van der Waals surface area contributed by atoms with E-state index in [0.29, 0.717) is 17.0 Å². The topological polar surface area (TPSA) is 111 Å². The number of rotatable bonds is 5. The fraction of sp³-hybridized carbons (Fsp3) is 0.167. The monoisotopic (exact) mass is 277 g/mol. The van der Waals surface area contributed by atoms with Gasteiger partial charge in [-0.05, 0) is 19.1 Å². The molecule has 0 aliphatic heterocycles. The Kier molecular flexibility index (Phi) is 3.65. The second kappa shape index (κ2) is 5.39. The van der Waals surface area contributed by atoms with Gasteiger partial charge in [0.25, 0.3) is 5.69 Å². The summed E-state index contributed by atoms with van der Waals surface area (Å²) in [5.41, 5.74) is 1.09. The highest BCUT2D eigenvalue weighted by molar-refractivity contribution is 5.59. The summed E-state index contributed by atoms with van der Waals surface area (Å²) in [5, 5.41) is 24.2. The van der Waals surface area contributed by atoms with E-state index in [1.807, 2.05) is 0 Å². The van der Waals surface area contributed by atoms with Gasteiger partial charge in [-0.15, -0.1) is 0 Å². The van der Waals surface area contributed by atoms with Crippen molar-refractivity contribution in [3.8, 4) is 0 Å². The third-order valence-corrected chi connectivity index (χ3v) is 2.78. The Bertz CT molecular complexity index is 665. The largest absolute Gasteiger partial charge is 0.433 e. The molecular weight excluding hydrogens is 266 g/mol. The molecule has 0 fully saturated rings. The van der Waals surface area contributed by atoms with Crippen molar-refractivity contribution in [1.29, 1.82) is 0 Å². The first kappa shape index (κ1) is 13.5. The average molecular weight is 277 g/mol. The third kappa shape index (κ3) is 2.74. The van der Waals surface area contributed by atoms with Crippen molar-refractivity contribution in [3.05, 3.63) is 61.9 Å². The summed E-state index contributed by atoms with van der Waals surface area (Å²) in [6, 6.07) is 7.42. The molecule has 20 heavy (non-hydrogen) atoms. The van der Waals surface area contributed by atoms with Crippen LogP contribution in [0.2, 0.25) is 0 Å². The molecule has 0 aliphatic rings. The molecule has 1 heterocycles. The summed E-state index contributed by atoms with van der Waals surface area (Å²) in [6.07, 6.45) is 0. The maximum atomic E-state index is 10.8. The van der Waals surface area contributed by atoms with Crippen LogP contribution in [0, 0.1) is 27.2 Å². The first-order valence-corrected chi connectivity index (χ1v) is 5.70. The highest BCUT2D eigenvalue weighted by Gasteiger charge is 2.14. The molecule has 8 nitrogen and oxygen atoms in total. The molecule has 0 radical (unpaired) electrons. The molecule has 1 N–H and O–H groups in total. The molecule has 0 saturated carbocycles. The predicted octanol–water partition coefficient (Wildman–Crippen LogP) is 3.02. The highest BCUT2D eigenvalue weighted by Crippen LogP contribution is 2.26. The Morgan fingerprint density at radius 2 is 1.90 bits per heavy atom. The lowest BCUT2D eigenvalue weighted by Crippen LogP contribution is -2.02. The number of nitrogens with one attached hydrogen (secondary N) is 1. The Hall–Kier alpha value is -2.90. The number of nitro groups is 2. The quantitative estimate of drug-likeness (QED) is 0.664. The van der Waals surface area contributed by atoms with Crippen LogP contribution in [0.15, 0.2) is 34.7 Å². The molecule has 1 aromatic heterocycles. The summed E-state index contributed by atoms with van der Waals surface area (Å²) < 4.78 is 4.99. The molecule has 0 bridgehead atoms. The van der Waals surface area contributed by atoms with Crippen LogP contribution in [0.4, 0.5) is 17.3 Å². The molecule has 0 spiro atoms. The Morgan fingerprint density at radius 3 is 2.50 bits per heavy atom. The first-order valence-electron chi connectivity index (χ1n) is 5.70. The van der Waals surface area contributed by atoms with E-state index < -0.39 is 9.85 Å². The van der Waals surface area contributed by atoms with E-state index in [9.17, 15) is 20.2 Å². The van der Waals surface area contributed by atoms with Crippen LogP contribution >= 0.6 is 0 Å². The van der Waals surface area contributed by atoms with Crippen molar-refractivity contribution < 1.29 is 14.3 Å². The van der Waals surface area contributed by atoms with Gasteiger partial charge in [0.1, 0.15) is 10.7 Å². The lowest BCUT2D eigenvalue weighted by Gasteiger charge is -2.07. The number of hydrogen-bond acceptors (Lipinski definition) is 6. The van der Waals surface area contributed by atoms with Crippen LogP contribution in [0.1, 0.15) is 11.3 Å². The summed E-state index contributed by atoms with van der Waals surface area (Å²) >= 11 is 0. The van der Waals surface area contributed by atoms with Gasteiger partial charge in [0.2, 0.25) is 0 Å². The Morgan fingerprint density at radius 1 is 1.15 bits per heavy atom. The minimum atomic E-state index is -0.623. The van der Waals surface area contributed by atoms with Crippen molar-refractivity contribution in [1.82, 2.24) is 0 Å². The van der Waals surface area contributed by atoms with E-state index in [2.05, 4.69) is 5.32 Å². The van der Waals surface area contributed by atoms with Crippen LogP contribution in [-0.4, -0.2) is 9.85 Å². The van der Waals surface area contributed by atoms with Gasteiger partial charge in [-0.3, -0.25) is 20.2 Å². The van der Waals surface area contributed by atoms with Crippen LogP contribution in [0.5, 0.6) is 0 Å². The van der Waals surface area contributed by atoms with Crippen molar-refractivity contribution in [2.24, 2.45) is 0 Å². The van der Waals surface area contributed by atoms with E-state index in [1.54, 1.807) is 19.1 Å². The molecule has 0 saturated heterocycles. The summed E-state index contributed by atoms with van der Waals surface area (Å²) in [6.45, 7) is 1.83. The van der Waals surface area contributed by atoms with Gasteiger partial charge in [0, 0.05) is 17.3 Å². The molecule has 2 aromatic rings. The van der Waals surface area contributed by atoms with Crippen LogP contribution in [0.3, 0.4) is 0 Å². The molecule has 8 heteroatoms. The van der Waals surface area contributed by atoms with Gasteiger partial charge in [-0.1, -0.05) is 6.07 Å². The van der Waals surface area contributed by atoms with Crippen molar-refractivity contribution >= 4 is 17.3 Å². The smallest absolute Gasteiger partial charge is 0.404 e. The molecule has 1 aromatic carbocycles. The zero-order chi connectivity index (χ0) is 14.7. The second-order valence-corrected chi connectivity index (χ2v) is 4.06. The minimum absolute atomic E-state index is 0.0143. The molecule has 0 aliphatic carbocycles. The normalized spacial score (nSPS) is 10.2. The van der Waals surface area contributed by atoms with E-state index in [1.165, 1.54) is 18.2 Å². The third-order valence-electron chi connectivity index (χ3n) is 2.78. The minimum Gasteiger partial charge on any atom is -0.404 e. The Balaban J connectivity index is 2.12. The Labute approximate surface area is 113 Å². The molecule has 0 unspecified atom stereocenters. The fourth-order valence-corrected chi connectivity index (χ4v) is 1.75. The molecular formula is C12H11N3O5. The van der Waals surface area contributed by atoms with Gasteiger partial charge in [0.15, 0.2) is 0 Å². The number of hydrogen-bond donors (Lipinski definition) is 1. The number of furan rings is 1. The van der Waals surface area contributed by atoms with Gasteiger partial charge in [-0.25, -0.2) is 0 Å². The van der Waals surface area contributed by atoms with Crippen molar-refractivity contribution in [2.75, 3.05) is 5.32 Å². The predicted molar refractivity (Wildman–Crippen MR) is 70.5 cm³/mol. The lowest BCUT2D eigenvalue weighted by molar-refractivity contribution is -0.402. The number of anilines is 1. The fourth-order valence-electron chi connectivity index (χ4n) is 1.75. The summed E-state index contributed by atoms with van der Waals surface area (Å²) in [4.78, 5) is 20.2. The van der Waals surface area contributed by atoms with Crippen molar-refractivity contribution in [2.45, 2.75) is 13.5 Å². The maximum Gasteiger partial charge on any atom is 0.433 e. The van der Waals surface area contributed by atoms with Crippen molar-refractivity contribution in [3.63, 3.8) is 0 Å². The van der Waals surface area contributed by atoms with E-state index in [-0.39, 0.29) is 18.1 Å². The number of nitrogens with zero attached hydrogens (tertiary/aromatic N) is 2. The lowest BCUT2D eigenvalue weighted by atomic mass is 10.1. The number of benzene rings is 1. The zero-order valence-corrected chi connectivity index (χ0v) is 10.5. The molecule has 104 valence electrons. The second-order valence-electron chi connectivity index (χ2n) is 4.06. The molecule has 0 amide bonds. The number of nitro benzene ring substituents is 1.